The molecular weight excluding hydrogens is 326 g/mol. The molecule has 0 aliphatic rings. The van der Waals surface area contributed by atoms with Gasteiger partial charge in [-0.3, -0.25) is 0 Å². The SMILES string of the molecule is CCCCCC=CCC=CCCCCCCCCCC(CCCC)N(C)C. The summed E-state index contributed by atoms with van der Waals surface area (Å²) in [5.41, 5.74) is 0. The van der Waals surface area contributed by atoms with Crippen LogP contribution in [-0.4, -0.2) is 25.0 Å². The van der Waals surface area contributed by atoms with Gasteiger partial charge in [0.05, 0.1) is 0 Å². The third-order valence-corrected chi connectivity index (χ3v) is 5.61. The Bertz CT molecular complexity index is 329. The second-order valence-corrected chi connectivity index (χ2v) is 8.49. The molecular formula is C26H51N. The van der Waals surface area contributed by atoms with Gasteiger partial charge < -0.3 is 4.90 Å². The summed E-state index contributed by atoms with van der Waals surface area (Å²) < 4.78 is 0. The highest BCUT2D eigenvalue weighted by atomic mass is 15.1. The summed E-state index contributed by atoms with van der Waals surface area (Å²) in [4.78, 5) is 2.44. The first-order valence-corrected chi connectivity index (χ1v) is 12.2. The van der Waals surface area contributed by atoms with Crippen molar-refractivity contribution < 1.29 is 0 Å². The van der Waals surface area contributed by atoms with Crippen LogP contribution in [0.4, 0.5) is 0 Å². The minimum Gasteiger partial charge on any atom is -0.306 e. The maximum Gasteiger partial charge on any atom is 0.00891 e. The lowest BCUT2D eigenvalue weighted by atomic mass is 10.0. The Hall–Kier alpha value is -0.560. The van der Waals surface area contributed by atoms with Gasteiger partial charge in [0.25, 0.3) is 0 Å². The molecule has 0 heterocycles. The highest BCUT2D eigenvalue weighted by Crippen LogP contribution is 2.16. The molecule has 0 saturated heterocycles. The standard InChI is InChI=1S/C26H51N/c1-5-7-9-10-11-12-13-14-15-16-17-18-19-20-21-22-23-25-26(27(3)4)24-8-6-2/h11-12,14-15,26H,5-10,13,16-25H2,1-4H3. The predicted molar refractivity (Wildman–Crippen MR) is 126 cm³/mol. The summed E-state index contributed by atoms with van der Waals surface area (Å²) in [6, 6.07) is 0.808. The van der Waals surface area contributed by atoms with Crippen LogP contribution in [0.25, 0.3) is 0 Å². The van der Waals surface area contributed by atoms with Crippen LogP contribution in [0.2, 0.25) is 0 Å². The topological polar surface area (TPSA) is 3.24 Å². The van der Waals surface area contributed by atoms with Gasteiger partial charge in [0.2, 0.25) is 0 Å². The average molecular weight is 378 g/mol. The molecule has 0 fully saturated rings. The van der Waals surface area contributed by atoms with E-state index in [9.17, 15) is 0 Å². The minimum atomic E-state index is 0.808. The van der Waals surface area contributed by atoms with Crippen LogP contribution in [0.3, 0.4) is 0 Å². The number of allylic oxidation sites excluding steroid dienone is 4. The van der Waals surface area contributed by atoms with Gasteiger partial charge in [0.15, 0.2) is 0 Å². The lowest BCUT2D eigenvalue weighted by Gasteiger charge is -2.24. The van der Waals surface area contributed by atoms with Crippen molar-refractivity contribution in [1.29, 1.82) is 0 Å². The van der Waals surface area contributed by atoms with E-state index in [1.807, 2.05) is 0 Å². The Morgan fingerprint density at radius 2 is 1.04 bits per heavy atom. The van der Waals surface area contributed by atoms with Crippen molar-refractivity contribution in [2.75, 3.05) is 14.1 Å². The number of unbranched alkanes of at least 4 members (excludes halogenated alkanes) is 11. The van der Waals surface area contributed by atoms with Gasteiger partial charge in [0.1, 0.15) is 0 Å². The third-order valence-electron chi connectivity index (χ3n) is 5.61. The fraction of sp³-hybridized carbons (Fsp3) is 0.846. The zero-order valence-electron chi connectivity index (χ0n) is 19.4. The molecule has 1 unspecified atom stereocenters. The molecule has 0 spiro atoms. The van der Waals surface area contributed by atoms with Gasteiger partial charge in [-0.05, 0) is 59.0 Å². The van der Waals surface area contributed by atoms with Crippen LogP contribution in [0.1, 0.15) is 123 Å². The Labute approximate surface area is 172 Å². The van der Waals surface area contributed by atoms with E-state index in [0.717, 1.165) is 12.5 Å². The zero-order valence-corrected chi connectivity index (χ0v) is 19.4. The number of nitrogens with zero attached hydrogens (tertiary/aromatic N) is 1. The predicted octanol–water partition coefficient (Wildman–Crippen LogP) is 8.70. The van der Waals surface area contributed by atoms with Crippen molar-refractivity contribution in [1.82, 2.24) is 4.90 Å². The molecule has 0 aromatic heterocycles. The van der Waals surface area contributed by atoms with E-state index in [1.54, 1.807) is 0 Å². The average Bonchev–Trinajstić information content (AvgIpc) is 2.66. The van der Waals surface area contributed by atoms with Crippen molar-refractivity contribution in [3.8, 4) is 0 Å². The van der Waals surface area contributed by atoms with E-state index in [1.165, 1.54) is 103 Å². The third kappa shape index (κ3) is 20.0. The molecule has 1 heteroatoms. The largest absolute Gasteiger partial charge is 0.306 e. The van der Waals surface area contributed by atoms with E-state index < -0.39 is 0 Å². The van der Waals surface area contributed by atoms with Crippen molar-refractivity contribution in [3.05, 3.63) is 24.3 Å². The molecule has 1 atom stereocenters. The van der Waals surface area contributed by atoms with Crippen LogP contribution < -0.4 is 0 Å². The highest BCUT2D eigenvalue weighted by molar-refractivity contribution is 4.92. The first-order chi connectivity index (χ1) is 13.2. The first kappa shape index (κ1) is 26.4. The summed E-state index contributed by atoms with van der Waals surface area (Å²) in [5, 5.41) is 0. The maximum atomic E-state index is 2.44. The number of hydrogen-bond donors (Lipinski definition) is 0. The van der Waals surface area contributed by atoms with Gasteiger partial charge in [-0.25, -0.2) is 0 Å². The van der Waals surface area contributed by atoms with Gasteiger partial charge in [0, 0.05) is 6.04 Å². The highest BCUT2D eigenvalue weighted by Gasteiger charge is 2.09. The van der Waals surface area contributed by atoms with Crippen molar-refractivity contribution in [3.63, 3.8) is 0 Å². The summed E-state index contributed by atoms with van der Waals surface area (Å²) in [6.45, 7) is 4.57. The lowest BCUT2D eigenvalue weighted by Crippen LogP contribution is -2.27. The summed E-state index contributed by atoms with van der Waals surface area (Å²) >= 11 is 0. The van der Waals surface area contributed by atoms with E-state index in [4.69, 9.17) is 0 Å². The number of rotatable bonds is 20. The molecule has 0 aromatic rings. The molecule has 27 heavy (non-hydrogen) atoms. The van der Waals surface area contributed by atoms with E-state index in [-0.39, 0.29) is 0 Å². The van der Waals surface area contributed by atoms with Crippen molar-refractivity contribution in [2.45, 2.75) is 129 Å². The second-order valence-electron chi connectivity index (χ2n) is 8.49. The molecule has 0 aliphatic carbocycles. The quantitative estimate of drug-likeness (QED) is 0.151. The van der Waals surface area contributed by atoms with Crippen molar-refractivity contribution in [2.24, 2.45) is 0 Å². The monoisotopic (exact) mass is 377 g/mol. The Kier molecular flexibility index (Phi) is 21.3. The zero-order chi connectivity index (χ0) is 20.0. The van der Waals surface area contributed by atoms with Crippen molar-refractivity contribution >= 4 is 0 Å². The molecule has 0 aromatic carbocycles. The Morgan fingerprint density at radius 3 is 1.59 bits per heavy atom. The Balaban J connectivity index is 3.36. The molecule has 0 bridgehead atoms. The van der Waals surface area contributed by atoms with Gasteiger partial charge in [-0.2, -0.15) is 0 Å². The van der Waals surface area contributed by atoms with Gasteiger partial charge >= 0.3 is 0 Å². The first-order valence-electron chi connectivity index (χ1n) is 12.2. The smallest absolute Gasteiger partial charge is 0.00891 e. The van der Waals surface area contributed by atoms with Crippen LogP contribution in [0.15, 0.2) is 24.3 Å². The van der Waals surface area contributed by atoms with Gasteiger partial charge in [-0.1, -0.05) is 102 Å². The molecule has 1 nitrogen and oxygen atoms in total. The molecule has 160 valence electrons. The maximum absolute atomic E-state index is 2.44. The molecule has 0 N–H and O–H groups in total. The normalized spacial score (nSPS) is 13.4. The number of hydrogen-bond acceptors (Lipinski definition) is 1. The second kappa shape index (κ2) is 21.7. The van der Waals surface area contributed by atoms with Crippen LogP contribution in [-0.2, 0) is 0 Å². The van der Waals surface area contributed by atoms with Crippen LogP contribution in [0, 0.1) is 0 Å². The molecule has 0 radical (unpaired) electrons. The minimum absolute atomic E-state index is 0.808. The summed E-state index contributed by atoms with van der Waals surface area (Å²) in [7, 11) is 4.50. The molecule has 0 amide bonds. The molecule has 0 aliphatic heterocycles. The summed E-state index contributed by atoms with van der Waals surface area (Å²) in [6.07, 6.45) is 32.5. The lowest BCUT2D eigenvalue weighted by molar-refractivity contribution is 0.253. The molecule has 0 saturated carbocycles. The summed E-state index contributed by atoms with van der Waals surface area (Å²) in [5.74, 6) is 0. The van der Waals surface area contributed by atoms with E-state index >= 15 is 0 Å². The van der Waals surface area contributed by atoms with E-state index in [0.29, 0.717) is 0 Å². The van der Waals surface area contributed by atoms with Crippen LogP contribution in [0.5, 0.6) is 0 Å². The fourth-order valence-corrected chi connectivity index (χ4v) is 3.65. The fourth-order valence-electron chi connectivity index (χ4n) is 3.65. The van der Waals surface area contributed by atoms with E-state index in [2.05, 4.69) is 57.1 Å². The Morgan fingerprint density at radius 1 is 0.556 bits per heavy atom. The molecule has 0 rings (SSSR count). The van der Waals surface area contributed by atoms with Gasteiger partial charge in [-0.15, -0.1) is 0 Å². The van der Waals surface area contributed by atoms with Crippen LogP contribution >= 0.6 is 0 Å².